The summed E-state index contributed by atoms with van der Waals surface area (Å²) in [5.41, 5.74) is 1.51. The minimum atomic E-state index is -0.400. The molecule has 2 aromatic carbocycles. The van der Waals surface area contributed by atoms with Gasteiger partial charge in [-0.3, -0.25) is 0 Å². The zero-order chi connectivity index (χ0) is 18.2. The van der Waals surface area contributed by atoms with Crippen LogP contribution in [0.5, 0.6) is 11.5 Å². The maximum Gasteiger partial charge on any atom is 0.330 e. The zero-order valence-electron chi connectivity index (χ0n) is 13.9. The second-order valence-corrected chi connectivity index (χ2v) is 6.20. The molecule has 0 aliphatic heterocycles. The smallest absolute Gasteiger partial charge is 0.330 e. The summed E-state index contributed by atoms with van der Waals surface area (Å²) in [6.07, 6.45) is 3.01. The van der Waals surface area contributed by atoms with E-state index in [9.17, 15) is 9.18 Å². The highest BCUT2D eigenvalue weighted by atomic mass is 127. The molecule has 0 bridgehead atoms. The van der Waals surface area contributed by atoms with E-state index in [2.05, 4.69) is 22.6 Å². The maximum absolute atomic E-state index is 13.2. The Bertz CT molecular complexity index is 774. The molecular formula is C19H18FIO4. The summed E-state index contributed by atoms with van der Waals surface area (Å²) < 4.78 is 30.1. The van der Waals surface area contributed by atoms with Gasteiger partial charge in [0.2, 0.25) is 0 Å². The molecule has 0 saturated carbocycles. The Hall–Kier alpha value is -2.09. The van der Waals surface area contributed by atoms with Crippen LogP contribution in [0.25, 0.3) is 6.08 Å². The predicted octanol–water partition coefficient (Wildman–Crippen LogP) is 4.59. The quantitative estimate of drug-likeness (QED) is 0.347. The molecule has 25 heavy (non-hydrogen) atoms. The summed E-state index contributed by atoms with van der Waals surface area (Å²) in [6.45, 7) is 2.31. The molecule has 0 amide bonds. The Labute approximate surface area is 159 Å². The Balaban J connectivity index is 2.17. The molecule has 0 heterocycles. The Morgan fingerprint density at radius 2 is 2.08 bits per heavy atom. The van der Waals surface area contributed by atoms with E-state index in [1.165, 1.54) is 18.2 Å². The fourth-order valence-corrected chi connectivity index (χ4v) is 2.89. The van der Waals surface area contributed by atoms with Crippen molar-refractivity contribution in [3.63, 3.8) is 0 Å². The van der Waals surface area contributed by atoms with Crippen molar-refractivity contribution in [2.75, 3.05) is 13.7 Å². The average Bonchev–Trinajstić information content (AvgIpc) is 2.59. The third-order valence-electron chi connectivity index (χ3n) is 3.22. The number of carbonyl (C=O) groups excluding carboxylic acids is 1. The number of carbonyl (C=O) groups is 1. The molecule has 2 rings (SSSR count). The summed E-state index contributed by atoms with van der Waals surface area (Å²) in [5, 5.41) is 0. The number of rotatable bonds is 7. The highest BCUT2D eigenvalue weighted by molar-refractivity contribution is 14.1. The standard InChI is InChI=1S/C19H18FIO4/c1-3-24-18(22)8-7-13-10-16(21)19(17(11-13)23-2)25-12-14-5-4-6-15(20)9-14/h4-11H,3,12H2,1-2H3/b8-7+. The highest BCUT2D eigenvalue weighted by Crippen LogP contribution is 2.35. The minimum absolute atomic E-state index is 0.224. The SMILES string of the molecule is CCOC(=O)/C=C/c1cc(I)c(OCc2cccc(F)c2)c(OC)c1. The van der Waals surface area contributed by atoms with E-state index in [1.807, 2.05) is 6.07 Å². The molecule has 0 atom stereocenters. The number of hydrogen-bond donors (Lipinski definition) is 0. The second kappa shape index (κ2) is 9.41. The first-order valence-electron chi connectivity index (χ1n) is 7.63. The van der Waals surface area contributed by atoms with Gasteiger partial charge in [0.1, 0.15) is 12.4 Å². The maximum atomic E-state index is 13.2. The lowest BCUT2D eigenvalue weighted by Crippen LogP contribution is -2.01. The van der Waals surface area contributed by atoms with E-state index >= 15 is 0 Å². The topological polar surface area (TPSA) is 44.8 Å². The van der Waals surface area contributed by atoms with Crippen LogP contribution < -0.4 is 9.47 Å². The third-order valence-corrected chi connectivity index (χ3v) is 4.02. The lowest BCUT2D eigenvalue weighted by atomic mass is 10.2. The van der Waals surface area contributed by atoms with Gasteiger partial charge in [0, 0.05) is 6.08 Å². The third kappa shape index (κ3) is 5.74. The molecule has 4 nitrogen and oxygen atoms in total. The number of halogens is 2. The predicted molar refractivity (Wildman–Crippen MR) is 102 cm³/mol. The Kier molecular flexibility index (Phi) is 7.24. The number of esters is 1. The van der Waals surface area contributed by atoms with E-state index in [-0.39, 0.29) is 12.4 Å². The van der Waals surface area contributed by atoms with E-state index in [4.69, 9.17) is 14.2 Å². The van der Waals surface area contributed by atoms with E-state index in [0.29, 0.717) is 18.1 Å². The van der Waals surface area contributed by atoms with Gasteiger partial charge in [-0.25, -0.2) is 9.18 Å². The molecule has 0 aliphatic carbocycles. The minimum Gasteiger partial charge on any atom is -0.493 e. The van der Waals surface area contributed by atoms with Gasteiger partial charge in [0.05, 0.1) is 17.3 Å². The fourth-order valence-electron chi connectivity index (χ4n) is 2.11. The van der Waals surface area contributed by atoms with E-state index in [0.717, 1.165) is 14.7 Å². The van der Waals surface area contributed by atoms with Gasteiger partial charge in [0.25, 0.3) is 0 Å². The molecule has 0 radical (unpaired) electrons. The molecule has 6 heteroatoms. The molecule has 0 fully saturated rings. The van der Waals surface area contributed by atoms with Crippen molar-refractivity contribution in [3.05, 3.63) is 63.0 Å². The molecule has 0 N–H and O–H groups in total. The molecule has 0 unspecified atom stereocenters. The molecule has 0 aliphatic rings. The van der Waals surface area contributed by atoms with Crippen LogP contribution in [-0.4, -0.2) is 19.7 Å². The summed E-state index contributed by atoms with van der Waals surface area (Å²) >= 11 is 2.13. The summed E-state index contributed by atoms with van der Waals surface area (Å²) in [5.74, 6) is 0.401. The monoisotopic (exact) mass is 456 g/mol. The molecule has 132 valence electrons. The molecule has 0 spiro atoms. The van der Waals surface area contributed by atoms with Crippen LogP contribution in [-0.2, 0) is 16.1 Å². The Morgan fingerprint density at radius 1 is 1.28 bits per heavy atom. The zero-order valence-corrected chi connectivity index (χ0v) is 16.1. The average molecular weight is 456 g/mol. The van der Waals surface area contributed by atoms with Crippen LogP contribution in [0, 0.1) is 9.39 Å². The number of ether oxygens (including phenoxy) is 3. The van der Waals surface area contributed by atoms with Gasteiger partial charge in [-0.15, -0.1) is 0 Å². The fraction of sp³-hybridized carbons (Fsp3) is 0.211. The molecule has 0 aromatic heterocycles. The van der Waals surface area contributed by atoms with Crippen molar-refractivity contribution >= 4 is 34.6 Å². The summed E-state index contributed by atoms with van der Waals surface area (Å²) in [7, 11) is 1.54. The normalized spacial score (nSPS) is 10.7. The van der Waals surface area contributed by atoms with Crippen LogP contribution in [0.1, 0.15) is 18.1 Å². The van der Waals surface area contributed by atoms with Crippen LogP contribution in [0.15, 0.2) is 42.5 Å². The Morgan fingerprint density at radius 3 is 2.76 bits per heavy atom. The molecule has 2 aromatic rings. The summed E-state index contributed by atoms with van der Waals surface area (Å²) in [6, 6.07) is 9.87. The van der Waals surface area contributed by atoms with Crippen molar-refractivity contribution < 1.29 is 23.4 Å². The van der Waals surface area contributed by atoms with Crippen molar-refractivity contribution in [1.82, 2.24) is 0 Å². The van der Waals surface area contributed by atoms with Crippen molar-refractivity contribution in [2.45, 2.75) is 13.5 Å². The van der Waals surface area contributed by atoms with Crippen LogP contribution in [0.2, 0.25) is 0 Å². The van der Waals surface area contributed by atoms with Crippen LogP contribution in [0.3, 0.4) is 0 Å². The first-order valence-corrected chi connectivity index (χ1v) is 8.71. The van der Waals surface area contributed by atoms with E-state index < -0.39 is 5.97 Å². The van der Waals surface area contributed by atoms with Crippen LogP contribution >= 0.6 is 22.6 Å². The number of benzene rings is 2. The highest BCUT2D eigenvalue weighted by Gasteiger charge is 2.11. The first-order chi connectivity index (χ1) is 12.0. The lowest BCUT2D eigenvalue weighted by molar-refractivity contribution is -0.137. The van der Waals surface area contributed by atoms with Gasteiger partial charge < -0.3 is 14.2 Å². The first kappa shape index (κ1) is 19.2. The van der Waals surface area contributed by atoms with Gasteiger partial charge in [0.15, 0.2) is 11.5 Å². The largest absolute Gasteiger partial charge is 0.493 e. The van der Waals surface area contributed by atoms with Gasteiger partial charge in [-0.05, 0) is 71.0 Å². The van der Waals surface area contributed by atoms with Gasteiger partial charge in [-0.2, -0.15) is 0 Å². The number of hydrogen-bond acceptors (Lipinski definition) is 4. The molecule has 0 saturated heterocycles. The van der Waals surface area contributed by atoms with Crippen LogP contribution in [0.4, 0.5) is 4.39 Å². The van der Waals surface area contributed by atoms with Crippen molar-refractivity contribution in [1.29, 1.82) is 0 Å². The van der Waals surface area contributed by atoms with Gasteiger partial charge >= 0.3 is 5.97 Å². The lowest BCUT2D eigenvalue weighted by Gasteiger charge is -2.13. The van der Waals surface area contributed by atoms with E-state index in [1.54, 1.807) is 38.3 Å². The molecular weight excluding hydrogens is 438 g/mol. The summed E-state index contributed by atoms with van der Waals surface area (Å²) in [4.78, 5) is 11.4. The van der Waals surface area contributed by atoms with Crippen molar-refractivity contribution in [2.24, 2.45) is 0 Å². The number of methoxy groups -OCH3 is 1. The van der Waals surface area contributed by atoms with Crippen molar-refractivity contribution in [3.8, 4) is 11.5 Å². The van der Waals surface area contributed by atoms with Gasteiger partial charge in [-0.1, -0.05) is 12.1 Å². The second-order valence-electron chi connectivity index (χ2n) is 5.04.